The fraction of sp³-hybridized carbons (Fsp3) is 0.538. The Kier molecular flexibility index (Phi) is 15.2. The van der Waals surface area contributed by atoms with Crippen molar-refractivity contribution in [2.45, 2.75) is 101 Å². The van der Waals surface area contributed by atoms with Gasteiger partial charge >= 0.3 is 5.97 Å². The van der Waals surface area contributed by atoms with Crippen LogP contribution in [0.5, 0.6) is 0 Å². The Bertz CT molecular complexity index is 1970. The predicted octanol–water partition coefficient (Wildman–Crippen LogP) is -1.96. The molecule has 11 N–H and O–H groups in total. The first-order chi connectivity index (χ1) is 28.2. The van der Waals surface area contributed by atoms with Gasteiger partial charge in [0.15, 0.2) is 0 Å². The van der Waals surface area contributed by atoms with E-state index in [4.69, 9.17) is 5.73 Å². The van der Waals surface area contributed by atoms with Gasteiger partial charge in [-0.15, -0.1) is 0 Å². The number of H-pyrrole nitrogens is 2. The number of imidazole rings is 1. The molecule has 0 bridgehead atoms. The van der Waals surface area contributed by atoms with Crippen molar-refractivity contribution >= 4 is 52.3 Å². The second kappa shape index (κ2) is 20.2. The molecule has 6 amide bonds. The number of nitrogens with two attached hydrogens (primary N) is 1. The van der Waals surface area contributed by atoms with Crippen LogP contribution in [0.25, 0.3) is 10.9 Å². The number of nitrogens with zero attached hydrogens (tertiary/aromatic N) is 3. The minimum atomic E-state index is -1.69. The maximum atomic E-state index is 14.3. The average molecular weight is 823 g/mol. The number of nitrogens with one attached hydrogen (secondary N) is 6. The number of likely N-dealkylation sites (tertiary alicyclic amines) is 2. The molecule has 2 aromatic heterocycles. The number of carbonyl (C=O) groups excluding carboxylic acids is 6. The van der Waals surface area contributed by atoms with E-state index in [2.05, 4.69) is 30.9 Å². The molecule has 0 spiro atoms. The molecule has 0 saturated carbocycles. The minimum Gasteiger partial charge on any atom is -0.480 e. The van der Waals surface area contributed by atoms with Gasteiger partial charge in [-0.1, -0.05) is 32.0 Å². The molecule has 59 heavy (non-hydrogen) atoms. The number of aliphatic hydroxyl groups excluding tert-OH is 2. The zero-order valence-electron chi connectivity index (χ0n) is 33.1. The van der Waals surface area contributed by atoms with Crippen LogP contribution in [0.4, 0.5) is 0 Å². The summed E-state index contributed by atoms with van der Waals surface area (Å²) < 4.78 is 0. The van der Waals surface area contributed by atoms with Gasteiger partial charge in [0.25, 0.3) is 0 Å². The highest BCUT2D eigenvalue weighted by molar-refractivity contribution is 5.98. The van der Waals surface area contributed by atoms with E-state index in [-0.39, 0.29) is 38.3 Å². The number of aromatic nitrogens is 3. The predicted molar refractivity (Wildman–Crippen MR) is 211 cm³/mol. The van der Waals surface area contributed by atoms with Gasteiger partial charge in [0.05, 0.1) is 25.6 Å². The molecular formula is C39H54N10O10. The van der Waals surface area contributed by atoms with Crippen molar-refractivity contribution in [1.82, 2.24) is 46.0 Å². The van der Waals surface area contributed by atoms with Crippen LogP contribution in [0.15, 0.2) is 43.0 Å². The number of para-hydroxylation sites is 1. The molecule has 4 heterocycles. The summed E-state index contributed by atoms with van der Waals surface area (Å²) in [6.45, 7) is 2.45. The number of hydrogen-bond donors (Lipinski definition) is 10. The summed E-state index contributed by atoms with van der Waals surface area (Å²) in [5.41, 5.74) is 8.58. The van der Waals surface area contributed by atoms with E-state index in [0.717, 1.165) is 16.5 Å². The van der Waals surface area contributed by atoms with E-state index in [1.807, 2.05) is 49.6 Å². The zero-order valence-corrected chi connectivity index (χ0v) is 33.1. The molecule has 20 heteroatoms. The first kappa shape index (κ1) is 44.2. The molecule has 2 aliphatic rings. The lowest BCUT2D eigenvalue weighted by Crippen LogP contribution is -2.60. The summed E-state index contributed by atoms with van der Waals surface area (Å²) in [6, 6.07) is -0.817. The smallest absolute Gasteiger partial charge is 0.328 e. The third-order valence-electron chi connectivity index (χ3n) is 10.7. The Morgan fingerprint density at radius 2 is 1.46 bits per heavy atom. The molecule has 3 aromatic rings. The summed E-state index contributed by atoms with van der Waals surface area (Å²) in [4.78, 5) is 106. The number of fused-ring (bicyclic) bond motifs is 1. The first-order valence-corrected chi connectivity index (χ1v) is 19.8. The van der Waals surface area contributed by atoms with Crippen molar-refractivity contribution in [3.05, 3.63) is 54.2 Å². The molecule has 2 fully saturated rings. The minimum absolute atomic E-state index is 0.00801. The molecule has 0 aliphatic carbocycles. The third kappa shape index (κ3) is 11.0. The van der Waals surface area contributed by atoms with Gasteiger partial charge in [0, 0.05) is 48.5 Å². The lowest BCUT2D eigenvalue weighted by molar-refractivity contribution is -0.148. The lowest BCUT2D eigenvalue weighted by Gasteiger charge is -2.34. The van der Waals surface area contributed by atoms with Crippen LogP contribution in [0.1, 0.15) is 57.2 Å². The average Bonchev–Trinajstić information content (AvgIpc) is 4.05. The van der Waals surface area contributed by atoms with Gasteiger partial charge in [0.2, 0.25) is 35.4 Å². The van der Waals surface area contributed by atoms with Crippen LogP contribution in [0.3, 0.4) is 0 Å². The number of hydrogen-bond acceptors (Lipinski definition) is 11. The number of carbonyl (C=O) groups is 7. The monoisotopic (exact) mass is 822 g/mol. The maximum absolute atomic E-state index is 14.3. The van der Waals surface area contributed by atoms with Crippen molar-refractivity contribution in [2.24, 2.45) is 11.7 Å². The Labute approximate surface area is 340 Å². The Hall–Kier alpha value is -5.86. The number of aliphatic hydroxyl groups is 2. The van der Waals surface area contributed by atoms with Crippen molar-refractivity contribution in [3.63, 3.8) is 0 Å². The maximum Gasteiger partial charge on any atom is 0.328 e. The van der Waals surface area contributed by atoms with Crippen LogP contribution >= 0.6 is 0 Å². The second-order valence-electron chi connectivity index (χ2n) is 15.4. The number of benzene rings is 1. The fourth-order valence-electron chi connectivity index (χ4n) is 7.60. The summed E-state index contributed by atoms with van der Waals surface area (Å²) in [6.07, 6.45) is 6.58. The van der Waals surface area contributed by atoms with E-state index in [0.29, 0.717) is 31.4 Å². The summed E-state index contributed by atoms with van der Waals surface area (Å²) in [5.74, 6) is -5.54. The highest BCUT2D eigenvalue weighted by Crippen LogP contribution is 2.27. The molecule has 20 nitrogen and oxygen atoms in total. The van der Waals surface area contributed by atoms with Crippen molar-refractivity contribution in [3.8, 4) is 0 Å². The van der Waals surface area contributed by atoms with Gasteiger partial charge < -0.3 is 62.1 Å². The fourth-order valence-corrected chi connectivity index (χ4v) is 7.60. The van der Waals surface area contributed by atoms with Crippen molar-refractivity contribution < 1.29 is 48.9 Å². The highest BCUT2D eigenvalue weighted by Gasteiger charge is 2.44. The van der Waals surface area contributed by atoms with Crippen LogP contribution < -0.4 is 27.0 Å². The topological polar surface area (TPSA) is 305 Å². The van der Waals surface area contributed by atoms with Crippen molar-refractivity contribution in [1.29, 1.82) is 0 Å². The normalized spacial score (nSPS) is 19.2. The van der Waals surface area contributed by atoms with Crippen LogP contribution in [-0.2, 0) is 46.4 Å². The third-order valence-corrected chi connectivity index (χ3v) is 10.7. The number of rotatable bonds is 19. The standard InChI is InChI=1S/C39H54N10O10/c1-21(2)13-28(45-33(52)25(40)14-22-16-42-26-8-4-3-7-24(22)26)37(56)49-12-6-10-32(49)38(57)48-11-5-9-31(48)36(55)44-27(15-23-17-41-20-43-23)34(53)46-29(18-50)35(54)47-30(19-51)39(58)59/h3-4,7-8,16-17,20-21,25,27-32,42,50-51H,5-6,9-15,18-19,40H2,1-2H3,(H,41,43)(H,44,55)(H,45,52)(H,46,53)(H,47,54)(H,58,59)/t25-,27-,28-,29-,30-,31-,32-/m0/s1. The molecule has 320 valence electrons. The number of carboxylic acid groups (broad SMARTS) is 1. The van der Waals surface area contributed by atoms with Gasteiger partial charge in [-0.3, -0.25) is 28.8 Å². The number of aromatic amines is 2. The Morgan fingerprint density at radius 1 is 0.814 bits per heavy atom. The van der Waals surface area contributed by atoms with E-state index < -0.39 is 96.9 Å². The zero-order chi connectivity index (χ0) is 42.8. The molecule has 5 rings (SSSR count). The van der Waals surface area contributed by atoms with Crippen LogP contribution in [0, 0.1) is 5.92 Å². The molecule has 0 radical (unpaired) electrons. The van der Waals surface area contributed by atoms with Crippen LogP contribution in [-0.4, -0.2) is 150 Å². The van der Waals surface area contributed by atoms with Gasteiger partial charge in [-0.2, -0.15) is 0 Å². The number of aliphatic carboxylic acids is 1. The second-order valence-corrected chi connectivity index (χ2v) is 15.4. The SMILES string of the molecule is CC(C)C[C@H](NC(=O)[C@@H](N)Cc1c[nH]c2ccccc12)C(=O)N1CCC[C@H]1C(=O)N1CCC[C@H]1C(=O)N[C@@H](Cc1cnc[nH]1)C(=O)N[C@@H](CO)C(=O)N[C@@H](CO)C(=O)O. The van der Waals surface area contributed by atoms with E-state index >= 15 is 0 Å². The van der Waals surface area contributed by atoms with Gasteiger partial charge in [-0.05, 0) is 56.1 Å². The summed E-state index contributed by atoms with van der Waals surface area (Å²) in [5, 5.41) is 39.1. The molecule has 0 unspecified atom stereocenters. The lowest BCUT2D eigenvalue weighted by atomic mass is 10.0. The highest BCUT2D eigenvalue weighted by atomic mass is 16.4. The van der Waals surface area contributed by atoms with Gasteiger partial charge in [0.1, 0.15) is 36.3 Å². The number of carboxylic acids is 1. The van der Waals surface area contributed by atoms with E-state index in [9.17, 15) is 48.9 Å². The molecule has 2 saturated heterocycles. The molecule has 1 aromatic carbocycles. The molecule has 2 aliphatic heterocycles. The Balaban J connectivity index is 1.26. The van der Waals surface area contributed by atoms with E-state index in [1.165, 1.54) is 22.3 Å². The summed E-state index contributed by atoms with van der Waals surface area (Å²) in [7, 11) is 0. The quantitative estimate of drug-likeness (QED) is 0.0631. The summed E-state index contributed by atoms with van der Waals surface area (Å²) >= 11 is 0. The largest absolute Gasteiger partial charge is 0.480 e. The molecular weight excluding hydrogens is 768 g/mol. The van der Waals surface area contributed by atoms with Crippen molar-refractivity contribution in [2.75, 3.05) is 26.3 Å². The van der Waals surface area contributed by atoms with Gasteiger partial charge in [-0.25, -0.2) is 9.78 Å². The first-order valence-electron chi connectivity index (χ1n) is 19.8. The molecule has 7 atom stereocenters. The van der Waals surface area contributed by atoms with Crippen LogP contribution in [0.2, 0.25) is 0 Å². The Morgan fingerprint density at radius 3 is 2.12 bits per heavy atom. The van der Waals surface area contributed by atoms with E-state index in [1.54, 1.807) is 0 Å². The number of amides is 6.